The van der Waals surface area contributed by atoms with Crippen molar-refractivity contribution in [3.05, 3.63) is 23.0 Å². The molecule has 0 aliphatic heterocycles. The van der Waals surface area contributed by atoms with Crippen molar-refractivity contribution in [3.8, 4) is 0 Å². The maximum atomic E-state index is 11.7. The summed E-state index contributed by atoms with van der Waals surface area (Å²) >= 11 is 5.80. The summed E-state index contributed by atoms with van der Waals surface area (Å²) in [5.74, 6) is -0.0901. The number of hydrogen-bond acceptors (Lipinski definition) is 2. The molecule has 2 N–H and O–H groups in total. The lowest BCUT2D eigenvalue weighted by molar-refractivity contribution is 0.0946. The zero-order chi connectivity index (χ0) is 12.0. The number of hydrogen-bond donors (Lipinski definition) is 2. The van der Waals surface area contributed by atoms with Crippen molar-refractivity contribution in [3.63, 3.8) is 0 Å². The van der Waals surface area contributed by atoms with Crippen LogP contribution in [0.15, 0.2) is 12.3 Å². The average molecular weight is 244 g/mol. The Balaban J connectivity index is 2.33. The molecule has 0 aliphatic rings. The summed E-state index contributed by atoms with van der Waals surface area (Å²) in [5.41, 5.74) is 0.584. The molecule has 4 nitrogen and oxygen atoms in total. The molecule has 0 atom stereocenters. The van der Waals surface area contributed by atoms with Gasteiger partial charge in [-0.3, -0.25) is 4.79 Å². The molecule has 1 aromatic heterocycles. The van der Waals surface area contributed by atoms with Gasteiger partial charge in [0.1, 0.15) is 5.69 Å². The Kier molecular flexibility index (Phi) is 5.35. The lowest BCUT2D eigenvalue weighted by Crippen LogP contribution is -2.32. The molecule has 0 saturated carbocycles. The molecule has 0 unspecified atom stereocenters. The molecule has 0 spiro atoms. The first-order valence-corrected chi connectivity index (χ1v) is 5.83. The number of rotatable bonds is 6. The van der Waals surface area contributed by atoms with Gasteiger partial charge in [-0.15, -0.1) is 0 Å². The summed E-state index contributed by atoms with van der Waals surface area (Å²) in [7, 11) is 1.80. The molecular weight excluding hydrogens is 226 g/mol. The zero-order valence-electron chi connectivity index (χ0n) is 9.72. The fourth-order valence-electron chi connectivity index (χ4n) is 1.41. The van der Waals surface area contributed by atoms with Crippen LogP contribution in [0.2, 0.25) is 5.02 Å². The molecule has 0 bridgehead atoms. The van der Waals surface area contributed by atoms with E-state index in [0.717, 1.165) is 19.5 Å². The highest BCUT2D eigenvalue weighted by Crippen LogP contribution is 2.12. The largest absolute Gasteiger partial charge is 0.349 e. The van der Waals surface area contributed by atoms with Crippen LogP contribution in [-0.4, -0.2) is 30.1 Å². The molecule has 0 aliphatic carbocycles. The third kappa shape index (κ3) is 3.87. The van der Waals surface area contributed by atoms with Crippen molar-refractivity contribution < 1.29 is 4.79 Å². The van der Waals surface area contributed by atoms with E-state index in [1.165, 1.54) is 0 Å². The minimum absolute atomic E-state index is 0.0901. The molecule has 1 aromatic rings. The van der Waals surface area contributed by atoms with Crippen molar-refractivity contribution in [1.29, 1.82) is 0 Å². The van der Waals surface area contributed by atoms with E-state index in [9.17, 15) is 4.79 Å². The van der Waals surface area contributed by atoms with Gasteiger partial charge in [-0.05, 0) is 19.0 Å². The van der Waals surface area contributed by atoms with Crippen molar-refractivity contribution in [1.82, 2.24) is 15.2 Å². The van der Waals surface area contributed by atoms with Crippen molar-refractivity contribution in [2.45, 2.75) is 13.3 Å². The lowest BCUT2D eigenvalue weighted by Gasteiger charge is -2.06. The third-order valence-corrected chi connectivity index (χ3v) is 2.43. The summed E-state index contributed by atoms with van der Waals surface area (Å²) in [4.78, 5) is 11.7. The Morgan fingerprint density at radius 3 is 2.75 bits per heavy atom. The number of nitrogens with zero attached hydrogens (tertiary/aromatic N) is 1. The van der Waals surface area contributed by atoms with Gasteiger partial charge in [-0.25, -0.2) is 0 Å². The number of nitrogens with one attached hydrogen (secondary N) is 2. The molecule has 0 fully saturated rings. The van der Waals surface area contributed by atoms with E-state index in [4.69, 9.17) is 11.6 Å². The molecule has 1 heterocycles. The van der Waals surface area contributed by atoms with E-state index in [0.29, 0.717) is 17.3 Å². The summed E-state index contributed by atoms with van der Waals surface area (Å²) in [5, 5.41) is 6.63. The Morgan fingerprint density at radius 2 is 2.19 bits per heavy atom. The van der Waals surface area contributed by atoms with Gasteiger partial charge in [-0.1, -0.05) is 18.5 Å². The highest BCUT2D eigenvalue weighted by Gasteiger charge is 2.09. The van der Waals surface area contributed by atoms with Crippen molar-refractivity contribution in [2.24, 2.45) is 7.05 Å². The van der Waals surface area contributed by atoms with Crippen molar-refractivity contribution in [2.75, 3.05) is 19.6 Å². The second-order valence-electron chi connectivity index (χ2n) is 3.66. The second kappa shape index (κ2) is 6.55. The molecule has 1 amide bonds. The van der Waals surface area contributed by atoms with E-state index >= 15 is 0 Å². The smallest absolute Gasteiger partial charge is 0.267 e. The fourth-order valence-corrected chi connectivity index (χ4v) is 1.66. The van der Waals surface area contributed by atoms with E-state index in [1.807, 2.05) is 0 Å². The summed E-state index contributed by atoms with van der Waals surface area (Å²) < 4.78 is 1.72. The first-order chi connectivity index (χ1) is 7.65. The van der Waals surface area contributed by atoms with Gasteiger partial charge in [0.2, 0.25) is 0 Å². The molecule has 90 valence electrons. The summed E-state index contributed by atoms with van der Waals surface area (Å²) in [6, 6.07) is 1.66. The maximum Gasteiger partial charge on any atom is 0.267 e. The minimum atomic E-state index is -0.0901. The van der Waals surface area contributed by atoms with Gasteiger partial charge in [0.15, 0.2) is 0 Å². The van der Waals surface area contributed by atoms with Crippen LogP contribution in [-0.2, 0) is 7.05 Å². The second-order valence-corrected chi connectivity index (χ2v) is 4.10. The van der Waals surface area contributed by atoms with Crippen LogP contribution in [0.1, 0.15) is 23.8 Å². The Morgan fingerprint density at radius 1 is 1.44 bits per heavy atom. The third-order valence-electron chi connectivity index (χ3n) is 2.22. The van der Waals surface area contributed by atoms with Gasteiger partial charge >= 0.3 is 0 Å². The van der Waals surface area contributed by atoms with Gasteiger partial charge in [0.25, 0.3) is 5.91 Å². The predicted molar refractivity (Wildman–Crippen MR) is 65.9 cm³/mol. The Labute approximate surface area is 101 Å². The zero-order valence-corrected chi connectivity index (χ0v) is 10.5. The number of carbonyl (C=O) groups is 1. The monoisotopic (exact) mass is 243 g/mol. The lowest BCUT2D eigenvalue weighted by atomic mass is 10.4. The van der Waals surface area contributed by atoms with Crippen LogP contribution in [0.25, 0.3) is 0 Å². The first kappa shape index (κ1) is 13.1. The summed E-state index contributed by atoms with van der Waals surface area (Å²) in [6.45, 7) is 4.50. The molecule has 0 aromatic carbocycles. The van der Waals surface area contributed by atoms with Gasteiger partial charge in [0, 0.05) is 26.3 Å². The molecule has 0 radical (unpaired) electrons. The van der Waals surface area contributed by atoms with Crippen LogP contribution in [0.4, 0.5) is 0 Å². The number of aryl methyl sites for hydroxylation is 1. The molecule has 5 heteroatoms. The van der Waals surface area contributed by atoms with Crippen LogP contribution in [0.5, 0.6) is 0 Å². The van der Waals surface area contributed by atoms with E-state index in [-0.39, 0.29) is 5.91 Å². The Bertz CT molecular complexity index is 349. The molecule has 0 saturated heterocycles. The standard InChI is InChI=1S/C11H18ClN3O/c1-3-4-13-5-6-14-11(16)10-7-9(12)8-15(10)2/h7-8,13H,3-6H2,1-2H3,(H,14,16). The SMILES string of the molecule is CCCNCCNC(=O)c1cc(Cl)cn1C. The van der Waals surface area contributed by atoms with E-state index in [1.54, 1.807) is 23.9 Å². The van der Waals surface area contributed by atoms with Crippen LogP contribution in [0, 0.1) is 0 Å². The molecular formula is C11H18ClN3O. The Hall–Kier alpha value is -1.00. The fraction of sp³-hybridized carbons (Fsp3) is 0.545. The van der Waals surface area contributed by atoms with Gasteiger partial charge in [-0.2, -0.15) is 0 Å². The number of aromatic nitrogens is 1. The molecule has 16 heavy (non-hydrogen) atoms. The van der Waals surface area contributed by atoms with Crippen LogP contribution >= 0.6 is 11.6 Å². The highest BCUT2D eigenvalue weighted by molar-refractivity contribution is 6.31. The maximum absolute atomic E-state index is 11.7. The topological polar surface area (TPSA) is 46.1 Å². The van der Waals surface area contributed by atoms with Gasteiger partial charge in [0.05, 0.1) is 5.02 Å². The quantitative estimate of drug-likeness (QED) is 0.743. The minimum Gasteiger partial charge on any atom is -0.349 e. The summed E-state index contributed by atoms with van der Waals surface area (Å²) in [6.07, 6.45) is 2.81. The van der Waals surface area contributed by atoms with Gasteiger partial charge < -0.3 is 15.2 Å². The average Bonchev–Trinajstić information content (AvgIpc) is 2.57. The normalized spacial score (nSPS) is 10.4. The number of carbonyl (C=O) groups excluding carboxylic acids is 1. The molecule has 1 rings (SSSR count). The van der Waals surface area contributed by atoms with Crippen LogP contribution in [0.3, 0.4) is 0 Å². The highest BCUT2D eigenvalue weighted by atomic mass is 35.5. The number of amides is 1. The predicted octanol–water partition coefficient (Wildman–Crippen LogP) is 1.41. The van der Waals surface area contributed by atoms with E-state index < -0.39 is 0 Å². The first-order valence-electron chi connectivity index (χ1n) is 5.46. The van der Waals surface area contributed by atoms with Crippen LogP contribution < -0.4 is 10.6 Å². The van der Waals surface area contributed by atoms with Crippen molar-refractivity contribution >= 4 is 17.5 Å². The van der Waals surface area contributed by atoms with E-state index in [2.05, 4.69) is 17.6 Å². The number of halogens is 1.